The fourth-order valence-corrected chi connectivity index (χ4v) is 2.23. The number of carboxylic acids is 1. The number of hydrogen-bond donors (Lipinski definition) is 1. The van der Waals surface area contributed by atoms with Gasteiger partial charge in [0.15, 0.2) is 5.69 Å². The van der Waals surface area contributed by atoms with Crippen LogP contribution in [0.5, 0.6) is 0 Å². The quantitative estimate of drug-likeness (QED) is 0.786. The summed E-state index contributed by atoms with van der Waals surface area (Å²) in [6.45, 7) is 1.97. The van der Waals surface area contributed by atoms with Crippen LogP contribution in [-0.4, -0.2) is 30.8 Å². The number of fused-ring (bicyclic) bond motifs is 1. The molecule has 1 N–H and O–H groups in total. The largest absolute Gasteiger partial charge is 0.476 e. The molecule has 0 radical (unpaired) electrons. The van der Waals surface area contributed by atoms with E-state index in [2.05, 4.69) is 15.2 Å². The van der Waals surface area contributed by atoms with Crippen molar-refractivity contribution >= 4 is 16.9 Å². The topological polar surface area (TPSA) is 80.9 Å². The highest BCUT2D eigenvalue weighted by Crippen LogP contribution is 2.24. The number of aromatic nitrogens is 4. The third-order valence-electron chi connectivity index (χ3n) is 3.12. The molecular formula is C14H12N4O2. The molecule has 3 rings (SSSR count). The second kappa shape index (κ2) is 4.73. The lowest BCUT2D eigenvalue weighted by atomic mass is 10.1. The normalized spacial score (nSPS) is 10.8. The number of nitrogens with zero attached hydrogens (tertiary/aromatic N) is 4. The lowest BCUT2D eigenvalue weighted by Gasteiger charge is -2.11. The Kier molecular flexibility index (Phi) is 2.90. The SMILES string of the molecule is CCc1nccn1-c1c(C(=O)O)nnc2ccccc12. The molecule has 6 heteroatoms. The zero-order chi connectivity index (χ0) is 14.1. The molecule has 0 aliphatic rings. The number of aryl methyl sites for hydroxylation is 1. The van der Waals surface area contributed by atoms with Crippen molar-refractivity contribution in [2.24, 2.45) is 0 Å². The van der Waals surface area contributed by atoms with Gasteiger partial charge in [0, 0.05) is 24.2 Å². The first kappa shape index (κ1) is 12.3. The van der Waals surface area contributed by atoms with Crippen molar-refractivity contribution in [2.75, 3.05) is 0 Å². The van der Waals surface area contributed by atoms with Crippen LogP contribution in [0.4, 0.5) is 0 Å². The zero-order valence-corrected chi connectivity index (χ0v) is 10.8. The Balaban J connectivity index is 2.42. The van der Waals surface area contributed by atoms with E-state index in [1.54, 1.807) is 23.0 Å². The summed E-state index contributed by atoms with van der Waals surface area (Å²) < 4.78 is 1.76. The summed E-state index contributed by atoms with van der Waals surface area (Å²) in [5, 5.41) is 17.9. The molecule has 0 spiro atoms. The summed E-state index contributed by atoms with van der Waals surface area (Å²) in [4.78, 5) is 15.7. The van der Waals surface area contributed by atoms with E-state index in [1.165, 1.54) is 0 Å². The van der Waals surface area contributed by atoms with Crippen molar-refractivity contribution < 1.29 is 9.90 Å². The van der Waals surface area contributed by atoms with Crippen molar-refractivity contribution in [2.45, 2.75) is 13.3 Å². The second-order valence-corrected chi connectivity index (χ2v) is 4.29. The zero-order valence-electron chi connectivity index (χ0n) is 10.8. The number of carbonyl (C=O) groups is 1. The van der Waals surface area contributed by atoms with Gasteiger partial charge >= 0.3 is 5.97 Å². The fraction of sp³-hybridized carbons (Fsp3) is 0.143. The summed E-state index contributed by atoms with van der Waals surface area (Å²) in [5.41, 5.74) is 1.09. The van der Waals surface area contributed by atoms with Gasteiger partial charge in [-0.3, -0.25) is 0 Å². The average Bonchev–Trinajstić information content (AvgIpc) is 2.93. The maximum atomic E-state index is 11.4. The van der Waals surface area contributed by atoms with Crippen LogP contribution in [0.3, 0.4) is 0 Å². The first-order chi connectivity index (χ1) is 9.72. The van der Waals surface area contributed by atoms with E-state index in [1.807, 2.05) is 25.1 Å². The number of rotatable bonds is 3. The van der Waals surface area contributed by atoms with Crippen LogP contribution in [-0.2, 0) is 6.42 Å². The molecule has 2 heterocycles. The van der Waals surface area contributed by atoms with Crippen LogP contribution in [0.2, 0.25) is 0 Å². The van der Waals surface area contributed by atoms with E-state index in [-0.39, 0.29) is 5.69 Å². The molecule has 0 aliphatic carbocycles. The van der Waals surface area contributed by atoms with E-state index in [4.69, 9.17) is 0 Å². The standard InChI is InChI=1S/C14H12N4O2/c1-2-11-15-7-8-18(11)13-9-5-3-4-6-10(9)16-17-12(13)14(19)20/h3-8H,2H2,1H3,(H,19,20). The Hall–Kier alpha value is -2.76. The molecule has 0 saturated heterocycles. The fourth-order valence-electron chi connectivity index (χ4n) is 2.23. The van der Waals surface area contributed by atoms with E-state index in [0.717, 1.165) is 11.2 Å². The monoisotopic (exact) mass is 268 g/mol. The lowest BCUT2D eigenvalue weighted by molar-refractivity contribution is 0.0689. The predicted octanol–water partition coefficient (Wildman–Crippen LogP) is 2.08. The van der Waals surface area contributed by atoms with Crippen molar-refractivity contribution in [1.29, 1.82) is 0 Å². The predicted molar refractivity (Wildman–Crippen MR) is 73.0 cm³/mol. The molecule has 6 nitrogen and oxygen atoms in total. The van der Waals surface area contributed by atoms with Crippen LogP contribution in [0.1, 0.15) is 23.2 Å². The van der Waals surface area contributed by atoms with Gasteiger partial charge in [0.05, 0.1) is 11.2 Å². The third-order valence-corrected chi connectivity index (χ3v) is 3.12. The smallest absolute Gasteiger partial charge is 0.358 e. The van der Waals surface area contributed by atoms with Gasteiger partial charge in [-0.2, -0.15) is 0 Å². The van der Waals surface area contributed by atoms with Gasteiger partial charge in [0.2, 0.25) is 0 Å². The second-order valence-electron chi connectivity index (χ2n) is 4.29. The maximum absolute atomic E-state index is 11.4. The molecule has 0 unspecified atom stereocenters. The Labute approximate surface area is 114 Å². The summed E-state index contributed by atoms with van der Waals surface area (Å²) in [7, 11) is 0. The van der Waals surface area contributed by atoms with Gasteiger partial charge in [0.1, 0.15) is 5.82 Å². The van der Waals surface area contributed by atoms with E-state index in [0.29, 0.717) is 17.6 Å². The minimum absolute atomic E-state index is 0.0728. The van der Waals surface area contributed by atoms with Crippen LogP contribution >= 0.6 is 0 Å². The maximum Gasteiger partial charge on any atom is 0.358 e. The number of hydrogen-bond acceptors (Lipinski definition) is 4. The number of aromatic carboxylic acids is 1. The number of carboxylic acid groups (broad SMARTS) is 1. The third kappa shape index (κ3) is 1.82. The van der Waals surface area contributed by atoms with Gasteiger partial charge < -0.3 is 9.67 Å². The Morgan fingerprint density at radius 1 is 1.30 bits per heavy atom. The molecule has 0 atom stereocenters. The van der Waals surface area contributed by atoms with E-state index in [9.17, 15) is 9.90 Å². The van der Waals surface area contributed by atoms with Gasteiger partial charge in [-0.15, -0.1) is 10.2 Å². The molecule has 20 heavy (non-hydrogen) atoms. The lowest BCUT2D eigenvalue weighted by Crippen LogP contribution is -2.11. The van der Waals surface area contributed by atoms with Crippen molar-refractivity contribution in [3.8, 4) is 5.69 Å². The first-order valence-electron chi connectivity index (χ1n) is 6.23. The molecule has 0 saturated carbocycles. The van der Waals surface area contributed by atoms with Gasteiger partial charge in [0.25, 0.3) is 0 Å². The molecule has 1 aromatic carbocycles. The molecule has 0 amide bonds. The highest BCUT2D eigenvalue weighted by molar-refractivity contribution is 5.98. The van der Waals surface area contributed by atoms with Gasteiger partial charge in [-0.05, 0) is 6.07 Å². The van der Waals surface area contributed by atoms with Crippen LogP contribution < -0.4 is 0 Å². The van der Waals surface area contributed by atoms with Crippen molar-refractivity contribution in [1.82, 2.24) is 19.7 Å². The van der Waals surface area contributed by atoms with Crippen molar-refractivity contribution in [3.05, 3.63) is 48.2 Å². The highest BCUT2D eigenvalue weighted by atomic mass is 16.4. The molecule has 0 aliphatic heterocycles. The highest BCUT2D eigenvalue weighted by Gasteiger charge is 2.19. The minimum atomic E-state index is -1.10. The van der Waals surface area contributed by atoms with Crippen LogP contribution in [0.25, 0.3) is 16.6 Å². The van der Waals surface area contributed by atoms with E-state index < -0.39 is 5.97 Å². The molecular weight excluding hydrogens is 256 g/mol. The number of benzene rings is 1. The minimum Gasteiger partial charge on any atom is -0.476 e. The molecule has 0 bridgehead atoms. The summed E-state index contributed by atoms with van der Waals surface area (Å²) in [6.07, 6.45) is 4.09. The summed E-state index contributed by atoms with van der Waals surface area (Å²) in [6, 6.07) is 7.34. The molecule has 100 valence electrons. The Morgan fingerprint density at radius 3 is 2.85 bits per heavy atom. The molecule has 2 aromatic heterocycles. The van der Waals surface area contributed by atoms with E-state index >= 15 is 0 Å². The summed E-state index contributed by atoms with van der Waals surface area (Å²) >= 11 is 0. The Morgan fingerprint density at radius 2 is 2.10 bits per heavy atom. The summed E-state index contributed by atoms with van der Waals surface area (Å²) in [5.74, 6) is -0.320. The Bertz CT molecular complexity index is 795. The molecule has 0 fully saturated rings. The van der Waals surface area contributed by atoms with Gasteiger partial charge in [-0.25, -0.2) is 9.78 Å². The van der Waals surface area contributed by atoms with Crippen LogP contribution in [0.15, 0.2) is 36.7 Å². The van der Waals surface area contributed by atoms with Crippen molar-refractivity contribution in [3.63, 3.8) is 0 Å². The molecule has 3 aromatic rings. The van der Waals surface area contributed by atoms with Crippen LogP contribution in [0, 0.1) is 0 Å². The van der Waals surface area contributed by atoms with Gasteiger partial charge in [-0.1, -0.05) is 25.1 Å². The number of imidazole rings is 1. The first-order valence-corrected chi connectivity index (χ1v) is 6.23. The average molecular weight is 268 g/mol.